The Hall–Kier alpha value is -0.980. The maximum absolute atomic E-state index is 4.27. The monoisotopic (exact) mass is 432 g/mol. The molecule has 0 aromatic heterocycles. The lowest BCUT2D eigenvalue weighted by atomic mass is 10.1. The molecule has 0 heterocycles. The van der Waals surface area contributed by atoms with E-state index in [-0.39, 0.29) is 24.0 Å². The van der Waals surface area contributed by atoms with Crippen molar-refractivity contribution in [3.8, 4) is 0 Å². The Kier molecular flexibility index (Phi) is 11.9. The van der Waals surface area contributed by atoms with Gasteiger partial charge in [0.15, 0.2) is 5.96 Å². The summed E-state index contributed by atoms with van der Waals surface area (Å²) < 4.78 is 0. The summed E-state index contributed by atoms with van der Waals surface area (Å²) in [5.41, 5.74) is 1.28. The zero-order chi connectivity index (χ0) is 16.4. The molecule has 1 unspecified atom stereocenters. The second-order valence-electron chi connectivity index (χ2n) is 6.14. The van der Waals surface area contributed by atoms with E-state index >= 15 is 0 Å². The van der Waals surface area contributed by atoms with Crippen molar-refractivity contribution in [2.45, 2.75) is 39.7 Å². The Morgan fingerprint density at radius 1 is 1.13 bits per heavy atom. The standard InChI is InChI=1S/C18H32N4.HI/c1-15(2)16(3)21-18(19-4)20-13-9-10-14-22(5)17-11-7-6-8-12-17;/h6-8,11-12,15-16H,9-10,13-14H2,1-5H3,(H2,19,20,21);1H. The zero-order valence-corrected chi connectivity index (χ0v) is 17.5. The molecule has 0 saturated carbocycles. The molecule has 23 heavy (non-hydrogen) atoms. The first kappa shape index (κ1) is 22.0. The highest BCUT2D eigenvalue weighted by Gasteiger charge is 2.08. The van der Waals surface area contributed by atoms with Gasteiger partial charge in [-0.15, -0.1) is 24.0 Å². The van der Waals surface area contributed by atoms with Gasteiger partial charge >= 0.3 is 0 Å². The van der Waals surface area contributed by atoms with Crippen molar-refractivity contribution < 1.29 is 0 Å². The molecule has 1 aromatic rings. The van der Waals surface area contributed by atoms with Crippen LogP contribution >= 0.6 is 24.0 Å². The van der Waals surface area contributed by atoms with Crippen LogP contribution in [0.2, 0.25) is 0 Å². The molecule has 0 aliphatic carbocycles. The third kappa shape index (κ3) is 9.03. The molecule has 0 radical (unpaired) electrons. The lowest BCUT2D eigenvalue weighted by molar-refractivity contribution is 0.480. The van der Waals surface area contributed by atoms with Crippen molar-refractivity contribution in [3.63, 3.8) is 0 Å². The normalized spacial score (nSPS) is 12.5. The van der Waals surface area contributed by atoms with Crippen LogP contribution in [0.4, 0.5) is 5.69 Å². The first-order valence-corrected chi connectivity index (χ1v) is 8.28. The van der Waals surface area contributed by atoms with Crippen LogP contribution in [-0.2, 0) is 0 Å². The molecule has 0 aliphatic rings. The van der Waals surface area contributed by atoms with Crippen LogP contribution in [0.15, 0.2) is 35.3 Å². The van der Waals surface area contributed by atoms with Crippen LogP contribution in [0.25, 0.3) is 0 Å². The molecular weight excluding hydrogens is 399 g/mol. The number of benzene rings is 1. The third-order valence-electron chi connectivity index (χ3n) is 4.00. The molecule has 132 valence electrons. The molecule has 1 atom stereocenters. The van der Waals surface area contributed by atoms with Crippen LogP contribution < -0.4 is 15.5 Å². The highest BCUT2D eigenvalue weighted by molar-refractivity contribution is 14.0. The summed E-state index contributed by atoms with van der Waals surface area (Å²) in [7, 11) is 3.97. The highest BCUT2D eigenvalue weighted by atomic mass is 127. The van der Waals surface area contributed by atoms with Crippen LogP contribution in [0.1, 0.15) is 33.6 Å². The molecule has 0 fully saturated rings. The number of hydrogen-bond acceptors (Lipinski definition) is 2. The minimum Gasteiger partial charge on any atom is -0.375 e. The zero-order valence-electron chi connectivity index (χ0n) is 15.2. The largest absolute Gasteiger partial charge is 0.375 e. The topological polar surface area (TPSA) is 39.7 Å². The van der Waals surface area contributed by atoms with Crippen molar-refractivity contribution in [1.82, 2.24) is 10.6 Å². The average molecular weight is 432 g/mol. The number of rotatable bonds is 8. The second kappa shape index (κ2) is 12.4. The third-order valence-corrected chi connectivity index (χ3v) is 4.00. The number of unbranched alkanes of at least 4 members (excludes halogenated alkanes) is 1. The van der Waals surface area contributed by atoms with Crippen LogP contribution in [0.3, 0.4) is 0 Å². The predicted molar refractivity (Wildman–Crippen MR) is 113 cm³/mol. The van der Waals surface area contributed by atoms with E-state index in [4.69, 9.17) is 0 Å². The molecular formula is C18H33IN4. The van der Waals surface area contributed by atoms with Gasteiger partial charge in [0.2, 0.25) is 0 Å². The van der Waals surface area contributed by atoms with Crippen LogP contribution in [0, 0.1) is 5.92 Å². The average Bonchev–Trinajstić information content (AvgIpc) is 2.53. The van der Waals surface area contributed by atoms with Crippen molar-refractivity contribution in [3.05, 3.63) is 30.3 Å². The summed E-state index contributed by atoms with van der Waals surface area (Å²) in [6, 6.07) is 10.9. The number of aliphatic imine (C=N–C) groups is 1. The van der Waals surface area contributed by atoms with E-state index in [1.807, 2.05) is 7.05 Å². The van der Waals surface area contributed by atoms with E-state index in [9.17, 15) is 0 Å². The van der Waals surface area contributed by atoms with Gasteiger partial charge in [0.05, 0.1) is 0 Å². The van der Waals surface area contributed by atoms with Gasteiger partial charge in [0.25, 0.3) is 0 Å². The summed E-state index contributed by atoms with van der Waals surface area (Å²) >= 11 is 0. The quantitative estimate of drug-likeness (QED) is 0.285. The molecule has 0 aliphatic heterocycles. The minimum absolute atomic E-state index is 0. The van der Waals surface area contributed by atoms with Gasteiger partial charge in [-0.1, -0.05) is 32.0 Å². The molecule has 1 aromatic carbocycles. The van der Waals surface area contributed by atoms with Crippen LogP contribution in [0.5, 0.6) is 0 Å². The van der Waals surface area contributed by atoms with E-state index in [0.717, 1.165) is 31.9 Å². The Morgan fingerprint density at radius 3 is 2.35 bits per heavy atom. The van der Waals surface area contributed by atoms with E-state index in [0.29, 0.717) is 12.0 Å². The van der Waals surface area contributed by atoms with Gasteiger partial charge in [-0.05, 0) is 37.8 Å². The maximum Gasteiger partial charge on any atom is 0.191 e. The highest BCUT2D eigenvalue weighted by Crippen LogP contribution is 2.11. The summed E-state index contributed by atoms with van der Waals surface area (Å²) in [5.74, 6) is 1.50. The number of guanidine groups is 1. The van der Waals surface area contributed by atoms with Gasteiger partial charge in [0.1, 0.15) is 0 Å². The van der Waals surface area contributed by atoms with Gasteiger partial charge < -0.3 is 15.5 Å². The number of hydrogen-bond donors (Lipinski definition) is 2. The van der Waals surface area contributed by atoms with Crippen molar-refractivity contribution >= 4 is 35.6 Å². The molecule has 1 rings (SSSR count). The summed E-state index contributed by atoms with van der Waals surface area (Å²) in [4.78, 5) is 6.57. The molecule has 4 nitrogen and oxygen atoms in total. The van der Waals surface area contributed by atoms with E-state index in [1.54, 1.807) is 0 Å². The summed E-state index contributed by atoms with van der Waals surface area (Å²) in [6.45, 7) is 8.63. The van der Waals surface area contributed by atoms with Gasteiger partial charge in [-0.3, -0.25) is 4.99 Å². The van der Waals surface area contributed by atoms with E-state index < -0.39 is 0 Å². The molecule has 0 bridgehead atoms. The van der Waals surface area contributed by atoms with E-state index in [2.05, 4.69) is 78.7 Å². The predicted octanol–water partition coefficient (Wildman–Crippen LogP) is 3.73. The first-order chi connectivity index (χ1) is 10.5. The Balaban J connectivity index is 0.00000484. The molecule has 0 saturated heterocycles. The fourth-order valence-electron chi connectivity index (χ4n) is 2.07. The van der Waals surface area contributed by atoms with Gasteiger partial charge in [0, 0.05) is 38.9 Å². The maximum atomic E-state index is 4.27. The van der Waals surface area contributed by atoms with Crippen molar-refractivity contribution in [2.24, 2.45) is 10.9 Å². The fourth-order valence-corrected chi connectivity index (χ4v) is 2.07. The molecule has 0 spiro atoms. The number of anilines is 1. The van der Waals surface area contributed by atoms with Gasteiger partial charge in [-0.2, -0.15) is 0 Å². The Bertz CT molecular complexity index is 434. The second-order valence-corrected chi connectivity index (χ2v) is 6.14. The molecule has 0 amide bonds. The summed E-state index contributed by atoms with van der Waals surface area (Å²) in [6.07, 6.45) is 2.29. The van der Waals surface area contributed by atoms with Crippen molar-refractivity contribution in [1.29, 1.82) is 0 Å². The lowest BCUT2D eigenvalue weighted by Crippen LogP contribution is -2.44. The number of para-hydroxylation sites is 1. The Labute approximate surface area is 159 Å². The Morgan fingerprint density at radius 2 is 1.78 bits per heavy atom. The van der Waals surface area contributed by atoms with E-state index in [1.165, 1.54) is 5.69 Å². The fraction of sp³-hybridized carbons (Fsp3) is 0.611. The number of nitrogens with zero attached hydrogens (tertiary/aromatic N) is 2. The number of nitrogens with one attached hydrogen (secondary N) is 2. The first-order valence-electron chi connectivity index (χ1n) is 8.28. The van der Waals surface area contributed by atoms with Gasteiger partial charge in [-0.25, -0.2) is 0 Å². The van der Waals surface area contributed by atoms with Crippen molar-refractivity contribution in [2.75, 3.05) is 32.1 Å². The summed E-state index contributed by atoms with van der Waals surface area (Å²) in [5, 5.41) is 6.81. The molecule has 5 heteroatoms. The SMILES string of the molecule is CN=C(NCCCCN(C)c1ccccc1)NC(C)C(C)C.I. The number of halogens is 1. The minimum atomic E-state index is 0. The molecule has 2 N–H and O–H groups in total. The van der Waals surface area contributed by atoms with Crippen LogP contribution in [-0.4, -0.2) is 39.2 Å². The lowest BCUT2D eigenvalue weighted by Gasteiger charge is -2.21. The smallest absolute Gasteiger partial charge is 0.191 e.